The van der Waals surface area contributed by atoms with E-state index in [1.54, 1.807) is 43.1 Å². The Kier molecular flexibility index (Phi) is 5.31. The summed E-state index contributed by atoms with van der Waals surface area (Å²) >= 11 is 7.72. The molecule has 126 valence electrons. The number of halogens is 1. The van der Waals surface area contributed by atoms with Gasteiger partial charge in [0.05, 0.1) is 10.7 Å². The predicted octanol–water partition coefficient (Wildman–Crippen LogP) is 5.61. The molecule has 1 aliphatic heterocycles. The molecule has 0 atom stereocenters. The molecule has 0 aromatic heterocycles. The Balaban J connectivity index is 1.66. The van der Waals surface area contributed by atoms with Crippen molar-refractivity contribution in [1.29, 1.82) is 0 Å². The Morgan fingerprint density at radius 3 is 2.68 bits per heavy atom. The lowest BCUT2D eigenvalue weighted by Gasteiger charge is -2.07. The van der Waals surface area contributed by atoms with Gasteiger partial charge in [-0.15, -0.1) is 0 Å². The van der Waals surface area contributed by atoms with Crippen LogP contribution in [0.2, 0.25) is 5.02 Å². The molecule has 2 aromatic rings. The van der Waals surface area contributed by atoms with Crippen molar-refractivity contribution in [3.05, 3.63) is 93.5 Å². The SMILES string of the molecule is C=C(C)C(=O)c1ccc(O/C=C2\NC(c3ccccc3)=CS2)cc1Cl. The van der Waals surface area contributed by atoms with Crippen LogP contribution in [0.3, 0.4) is 0 Å². The molecule has 0 spiro atoms. The van der Waals surface area contributed by atoms with Crippen LogP contribution >= 0.6 is 23.4 Å². The van der Waals surface area contributed by atoms with E-state index in [1.807, 2.05) is 35.7 Å². The van der Waals surface area contributed by atoms with Crippen molar-refractivity contribution in [2.24, 2.45) is 0 Å². The van der Waals surface area contributed by atoms with E-state index in [2.05, 4.69) is 11.9 Å². The molecule has 5 heteroatoms. The zero-order chi connectivity index (χ0) is 17.8. The summed E-state index contributed by atoms with van der Waals surface area (Å²) in [6.45, 7) is 5.31. The molecule has 3 rings (SSSR count). The second-order valence-corrected chi connectivity index (χ2v) is 6.81. The number of benzene rings is 2. The van der Waals surface area contributed by atoms with Gasteiger partial charge < -0.3 is 10.1 Å². The van der Waals surface area contributed by atoms with Gasteiger partial charge >= 0.3 is 0 Å². The third-order valence-electron chi connectivity index (χ3n) is 3.52. The standard InChI is InChI=1S/C20H16ClNO2S/c1-13(2)20(23)16-9-8-15(10-17(16)21)24-11-19-22-18(12-25-19)14-6-4-3-5-7-14/h3-12,22H,1H2,2H3/b19-11+. The van der Waals surface area contributed by atoms with Gasteiger partial charge in [0.25, 0.3) is 0 Å². The summed E-state index contributed by atoms with van der Waals surface area (Å²) in [5, 5.41) is 6.55. The Hall–Kier alpha value is -2.43. The Labute approximate surface area is 156 Å². The molecular weight excluding hydrogens is 354 g/mol. The molecule has 2 aromatic carbocycles. The van der Waals surface area contributed by atoms with Crippen LogP contribution in [0, 0.1) is 0 Å². The van der Waals surface area contributed by atoms with Crippen molar-refractivity contribution in [3.8, 4) is 5.75 Å². The number of carbonyl (C=O) groups is 1. The van der Waals surface area contributed by atoms with Crippen LogP contribution in [0.4, 0.5) is 0 Å². The predicted molar refractivity (Wildman–Crippen MR) is 104 cm³/mol. The molecule has 0 amide bonds. The molecule has 0 fully saturated rings. The number of hydrogen-bond donors (Lipinski definition) is 1. The summed E-state index contributed by atoms with van der Waals surface area (Å²) in [6, 6.07) is 15.0. The van der Waals surface area contributed by atoms with Gasteiger partial charge in [-0.3, -0.25) is 4.79 Å². The first-order valence-electron chi connectivity index (χ1n) is 7.60. The van der Waals surface area contributed by atoms with Crippen LogP contribution in [-0.4, -0.2) is 5.78 Å². The number of carbonyl (C=O) groups excluding carboxylic acids is 1. The minimum absolute atomic E-state index is 0.167. The van der Waals surface area contributed by atoms with Gasteiger partial charge in [0.1, 0.15) is 17.0 Å². The summed E-state index contributed by atoms with van der Waals surface area (Å²) in [4.78, 5) is 12.0. The van der Waals surface area contributed by atoms with E-state index in [9.17, 15) is 4.79 Å². The third-order valence-corrected chi connectivity index (χ3v) is 4.64. The Morgan fingerprint density at radius 2 is 2.00 bits per heavy atom. The highest BCUT2D eigenvalue weighted by atomic mass is 35.5. The van der Waals surface area contributed by atoms with Crippen molar-refractivity contribution in [2.45, 2.75) is 6.92 Å². The number of rotatable bonds is 5. The van der Waals surface area contributed by atoms with E-state index in [0.29, 0.717) is 21.9 Å². The Bertz CT molecular complexity index is 888. The smallest absolute Gasteiger partial charge is 0.189 e. The van der Waals surface area contributed by atoms with Crippen LogP contribution < -0.4 is 10.1 Å². The minimum Gasteiger partial charge on any atom is -0.462 e. The molecule has 0 aliphatic carbocycles. The number of ketones is 1. The number of allylic oxidation sites excluding steroid dienone is 1. The average molecular weight is 370 g/mol. The zero-order valence-electron chi connectivity index (χ0n) is 13.6. The summed E-state index contributed by atoms with van der Waals surface area (Å²) in [5.41, 5.74) is 3.02. The fraction of sp³-hybridized carbons (Fsp3) is 0.0500. The fourth-order valence-corrected chi connectivity index (χ4v) is 3.20. The zero-order valence-corrected chi connectivity index (χ0v) is 15.2. The summed E-state index contributed by atoms with van der Waals surface area (Å²) in [6.07, 6.45) is 1.63. The molecule has 0 radical (unpaired) electrons. The summed E-state index contributed by atoms with van der Waals surface area (Å²) in [7, 11) is 0. The van der Waals surface area contributed by atoms with E-state index in [-0.39, 0.29) is 5.78 Å². The van der Waals surface area contributed by atoms with Crippen LogP contribution in [-0.2, 0) is 0 Å². The van der Waals surface area contributed by atoms with Crippen LogP contribution in [0.5, 0.6) is 5.75 Å². The van der Waals surface area contributed by atoms with Gasteiger partial charge in [0.2, 0.25) is 0 Å². The van der Waals surface area contributed by atoms with Gasteiger partial charge in [0, 0.05) is 17.0 Å². The highest BCUT2D eigenvalue weighted by molar-refractivity contribution is 8.06. The first-order chi connectivity index (χ1) is 12.0. The van der Waals surface area contributed by atoms with E-state index in [1.165, 1.54) is 0 Å². The second kappa shape index (κ2) is 7.64. The minimum atomic E-state index is -0.167. The van der Waals surface area contributed by atoms with Crippen molar-refractivity contribution in [2.75, 3.05) is 0 Å². The fourth-order valence-electron chi connectivity index (χ4n) is 2.23. The average Bonchev–Trinajstić information content (AvgIpc) is 3.09. The van der Waals surface area contributed by atoms with Crippen LogP contribution in [0.25, 0.3) is 5.70 Å². The van der Waals surface area contributed by atoms with Gasteiger partial charge in [0.15, 0.2) is 5.78 Å². The van der Waals surface area contributed by atoms with E-state index >= 15 is 0 Å². The number of thioether (sulfide) groups is 1. The highest BCUT2D eigenvalue weighted by Crippen LogP contribution is 2.30. The topological polar surface area (TPSA) is 38.3 Å². The van der Waals surface area contributed by atoms with Crippen molar-refractivity contribution in [1.82, 2.24) is 5.32 Å². The number of nitrogens with one attached hydrogen (secondary N) is 1. The molecule has 1 aliphatic rings. The third kappa shape index (κ3) is 4.16. The summed E-state index contributed by atoms with van der Waals surface area (Å²) < 4.78 is 5.65. The molecule has 0 saturated carbocycles. The molecule has 3 nitrogen and oxygen atoms in total. The lowest BCUT2D eigenvalue weighted by molar-refractivity contribution is 0.103. The highest BCUT2D eigenvalue weighted by Gasteiger charge is 2.13. The Morgan fingerprint density at radius 1 is 1.24 bits per heavy atom. The van der Waals surface area contributed by atoms with Crippen LogP contribution in [0.1, 0.15) is 22.8 Å². The monoisotopic (exact) mass is 369 g/mol. The lowest BCUT2D eigenvalue weighted by Crippen LogP contribution is -2.05. The van der Waals surface area contributed by atoms with E-state index in [4.69, 9.17) is 16.3 Å². The number of hydrogen-bond acceptors (Lipinski definition) is 4. The van der Waals surface area contributed by atoms with Crippen molar-refractivity contribution < 1.29 is 9.53 Å². The molecule has 1 heterocycles. The van der Waals surface area contributed by atoms with Crippen molar-refractivity contribution in [3.63, 3.8) is 0 Å². The molecule has 0 bridgehead atoms. The van der Waals surface area contributed by atoms with Gasteiger partial charge in [-0.05, 0) is 30.2 Å². The van der Waals surface area contributed by atoms with Gasteiger partial charge in [-0.2, -0.15) is 0 Å². The lowest BCUT2D eigenvalue weighted by atomic mass is 10.1. The normalized spacial score (nSPS) is 14.8. The first kappa shape index (κ1) is 17.4. The van der Waals surface area contributed by atoms with E-state index < -0.39 is 0 Å². The molecular formula is C20H16ClNO2S. The number of ether oxygens (including phenoxy) is 1. The largest absolute Gasteiger partial charge is 0.462 e. The molecule has 1 N–H and O–H groups in total. The van der Waals surface area contributed by atoms with E-state index in [0.717, 1.165) is 16.3 Å². The number of Topliss-reactive ketones (excluding diaryl/α,β-unsaturated/α-hetero) is 1. The maximum absolute atomic E-state index is 12.0. The van der Waals surface area contributed by atoms with Crippen molar-refractivity contribution >= 4 is 34.8 Å². The maximum atomic E-state index is 12.0. The molecule has 25 heavy (non-hydrogen) atoms. The quantitative estimate of drug-likeness (QED) is 0.422. The maximum Gasteiger partial charge on any atom is 0.189 e. The van der Waals surface area contributed by atoms with Gasteiger partial charge in [-0.1, -0.05) is 60.3 Å². The first-order valence-corrected chi connectivity index (χ1v) is 8.86. The van der Waals surface area contributed by atoms with Crippen LogP contribution in [0.15, 0.2) is 77.4 Å². The molecule has 0 unspecified atom stereocenters. The summed E-state index contributed by atoms with van der Waals surface area (Å²) in [5.74, 6) is 0.394. The second-order valence-electron chi connectivity index (χ2n) is 5.49. The molecule has 0 saturated heterocycles. The van der Waals surface area contributed by atoms with Gasteiger partial charge in [-0.25, -0.2) is 0 Å².